The number of nitrogens with two attached hydrogens (primary N) is 1. The van der Waals surface area contributed by atoms with Crippen molar-refractivity contribution in [2.24, 2.45) is 5.73 Å². The van der Waals surface area contributed by atoms with Gasteiger partial charge in [-0.3, -0.25) is 14.5 Å². The molecule has 0 spiro atoms. The molecule has 4 N–H and O–H groups in total. The monoisotopic (exact) mass is 552 g/mol. The highest BCUT2D eigenvalue weighted by Gasteiger charge is 2.32. The molecular formula is C24H36Cl4N4O2. The van der Waals surface area contributed by atoms with E-state index in [9.17, 15) is 9.59 Å². The lowest BCUT2D eigenvalue weighted by Gasteiger charge is -2.27. The molecule has 6 nitrogen and oxygen atoms in total. The van der Waals surface area contributed by atoms with Crippen LogP contribution in [0.15, 0.2) is 30.3 Å². The molecule has 0 unspecified atom stereocenters. The smallest absolute Gasteiger partial charge is 0.261 e. The molecule has 0 fully saturated rings. The van der Waals surface area contributed by atoms with Crippen LogP contribution in [-0.2, 0) is 0 Å². The fourth-order valence-electron chi connectivity index (χ4n) is 3.98. The predicted octanol–water partition coefficient (Wildman–Crippen LogP) is 4.83. The third-order valence-corrected chi connectivity index (χ3v) is 6.02. The molecule has 0 saturated carbocycles. The summed E-state index contributed by atoms with van der Waals surface area (Å²) >= 11 is 6.26. The van der Waals surface area contributed by atoms with Crippen molar-refractivity contribution in [1.82, 2.24) is 15.5 Å². The van der Waals surface area contributed by atoms with Gasteiger partial charge in [-0.2, -0.15) is 0 Å². The molecule has 2 amide bonds. The fraction of sp³-hybridized carbons (Fsp3) is 0.500. The summed E-state index contributed by atoms with van der Waals surface area (Å²) in [4.78, 5) is 27.2. The fourth-order valence-corrected chi connectivity index (χ4v) is 4.20. The Morgan fingerprint density at radius 2 is 1.26 bits per heavy atom. The largest absolute Gasteiger partial charge is 0.330 e. The number of amides is 2. The topological polar surface area (TPSA) is 87.5 Å². The SMILES string of the molecule is Cl.Cl.Cl.NCCCCNCCCCNCCCCN1C(=O)c2cccc3c(Cl)ccc(c23)C1=O. The van der Waals surface area contributed by atoms with E-state index in [0.717, 1.165) is 76.6 Å². The highest BCUT2D eigenvalue weighted by molar-refractivity contribution is 6.38. The molecule has 1 aliphatic rings. The molecule has 2 aromatic carbocycles. The third-order valence-electron chi connectivity index (χ3n) is 5.69. The summed E-state index contributed by atoms with van der Waals surface area (Å²) in [6.45, 7) is 5.17. The number of nitrogens with one attached hydrogen (secondary N) is 2. The number of imide groups is 1. The van der Waals surface area contributed by atoms with E-state index in [-0.39, 0.29) is 49.0 Å². The standard InChI is InChI=1S/C24H33ClN4O2.3ClH/c25-21-11-10-20-22-18(21)8-7-9-19(22)23(30)29(24(20)31)17-6-5-16-28-15-4-3-14-27-13-2-1-12-26;;;/h7-11,27-28H,1-6,12-17,26H2;3*1H. The van der Waals surface area contributed by atoms with Crippen molar-refractivity contribution in [3.05, 3.63) is 46.5 Å². The van der Waals surface area contributed by atoms with E-state index < -0.39 is 0 Å². The molecular weight excluding hydrogens is 518 g/mol. The molecule has 1 aliphatic heterocycles. The second-order valence-corrected chi connectivity index (χ2v) is 8.40. The van der Waals surface area contributed by atoms with Crippen LogP contribution in [0.3, 0.4) is 0 Å². The van der Waals surface area contributed by atoms with Crippen LogP contribution in [0.1, 0.15) is 59.2 Å². The van der Waals surface area contributed by atoms with E-state index in [0.29, 0.717) is 28.1 Å². The number of hydrogen-bond donors (Lipinski definition) is 3. The quantitative estimate of drug-likeness (QED) is 0.230. The zero-order valence-corrected chi connectivity index (χ0v) is 22.5. The lowest BCUT2D eigenvalue weighted by molar-refractivity contribution is 0.0608. The van der Waals surface area contributed by atoms with Crippen molar-refractivity contribution >= 4 is 71.4 Å². The second-order valence-electron chi connectivity index (χ2n) is 8.00. The number of rotatable bonds is 14. The van der Waals surface area contributed by atoms with Gasteiger partial charge in [-0.25, -0.2) is 0 Å². The van der Waals surface area contributed by atoms with E-state index >= 15 is 0 Å². The normalized spacial score (nSPS) is 12.2. The van der Waals surface area contributed by atoms with Crippen LogP contribution < -0.4 is 16.4 Å². The van der Waals surface area contributed by atoms with E-state index in [1.807, 2.05) is 12.1 Å². The number of carbonyl (C=O) groups excluding carboxylic acids is 2. The van der Waals surface area contributed by atoms with Gasteiger partial charge in [0, 0.05) is 33.5 Å². The Balaban J connectivity index is 0.00000363. The van der Waals surface area contributed by atoms with Crippen LogP contribution >= 0.6 is 48.8 Å². The molecule has 1 heterocycles. The summed E-state index contributed by atoms with van der Waals surface area (Å²) in [5, 5.41) is 8.87. The highest BCUT2D eigenvalue weighted by Crippen LogP contribution is 2.34. The van der Waals surface area contributed by atoms with Crippen molar-refractivity contribution in [3.63, 3.8) is 0 Å². The molecule has 0 atom stereocenters. The summed E-state index contributed by atoms with van der Waals surface area (Å²) in [7, 11) is 0. The molecule has 0 saturated heterocycles. The second kappa shape index (κ2) is 17.3. The lowest BCUT2D eigenvalue weighted by Crippen LogP contribution is -2.41. The molecule has 2 aromatic rings. The minimum Gasteiger partial charge on any atom is -0.330 e. The van der Waals surface area contributed by atoms with Gasteiger partial charge in [0.1, 0.15) is 0 Å². The summed E-state index contributed by atoms with van der Waals surface area (Å²) < 4.78 is 0. The molecule has 3 rings (SSSR count). The van der Waals surface area contributed by atoms with E-state index in [1.54, 1.807) is 18.2 Å². The van der Waals surface area contributed by atoms with Crippen LogP contribution in [0.25, 0.3) is 10.8 Å². The van der Waals surface area contributed by atoms with Crippen LogP contribution in [-0.4, -0.2) is 56.0 Å². The molecule has 0 radical (unpaired) electrons. The summed E-state index contributed by atoms with van der Waals surface area (Å²) in [6.07, 6.45) is 6.22. The average molecular weight is 554 g/mol. The van der Waals surface area contributed by atoms with Gasteiger partial charge in [-0.15, -0.1) is 37.2 Å². The van der Waals surface area contributed by atoms with E-state index in [4.69, 9.17) is 17.3 Å². The van der Waals surface area contributed by atoms with Gasteiger partial charge in [0.15, 0.2) is 0 Å². The van der Waals surface area contributed by atoms with Crippen LogP contribution in [0.4, 0.5) is 0 Å². The Morgan fingerprint density at radius 1 is 0.735 bits per heavy atom. The molecule has 0 bridgehead atoms. The first kappa shape index (κ1) is 32.9. The van der Waals surface area contributed by atoms with Crippen molar-refractivity contribution < 1.29 is 9.59 Å². The number of nitrogens with zero attached hydrogens (tertiary/aromatic N) is 1. The predicted molar refractivity (Wildman–Crippen MR) is 149 cm³/mol. The van der Waals surface area contributed by atoms with Gasteiger partial charge in [0.25, 0.3) is 11.8 Å². The van der Waals surface area contributed by atoms with Gasteiger partial charge >= 0.3 is 0 Å². The van der Waals surface area contributed by atoms with Crippen LogP contribution in [0.2, 0.25) is 5.02 Å². The maximum Gasteiger partial charge on any atom is 0.261 e. The molecule has 34 heavy (non-hydrogen) atoms. The van der Waals surface area contributed by atoms with E-state index in [1.165, 1.54) is 4.90 Å². The Labute approximate surface area is 226 Å². The molecule has 192 valence electrons. The van der Waals surface area contributed by atoms with E-state index in [2.05, 4.69) is 10.6 Å². The summed E-state index contributed by atoms with van der Waals surface area (Å²) in [5.74, 6) is -0.449. The Morgan fingerprint density at radius 3 is 1.85 bits per heavy atom. The third kappa shape index (κ3) is 8.52. The maximum atomic E-state index is 12.9. The summed E-state index contributed by atoms with van der Waals surface area (Å²) in [6, 6.07) is 8.90. The zero-order chi connectivity index (χ0) is 22.1. The average Bonchev–Trinajstić information content (AvgIpc) is 2.78. The molecule has 0 aromatic heterocycles. The van der Waals surface area contributed by atoms with Crippen molar-refractivity contribution in [3.8, 4) is 0 Å². The molecule has 10 heteroatoms. The Bertz CT molecular complexity index is 892. The van der Waals surface area contributed by atoms with Crippen molar-refractivity contribution in [2.75, 3.05) is 39.3 Å². The Kier molecular flexibility index (Phi) is 16.8. The minimum atomic E-state index is -0.225. The molecule has 0 aliphatic carbocycles. The van der Waals surface area contributed by atoms with Gasteiger partial charge in [0.05, 0.1) is 0 Å². The van der Waals surface area contributed by atoms with Crippen molar-refractivity contribution in [2.45, 2.75) is 38.5 Å². The number of benzene rings is 2. The minimum absolute atomic E-state index is 0. The van der Waals surface area contributed by atoms with Crippen molar-refractivity contribution in [1.29, 1.82) is 0 Å². The number of hydrogen-bond acceptors (Lipinski definition) is 5. The number of unbranched alkanes of at least 4 members (excludes halogenated alkanes) is 3. The highest BCUT2D eigenvalue weighted by atomic mass is 35.5. The number of halogens is 4. The first-order valence-electron chi connectivity index (χ1n) is 11.3. The van der Waals surface area contributed by atoms with Gasteiger partial charge < -0.3 is 16.4 Å². The zero-order valence-electron chi connectivity index (χ0n) is 19.3. The summed E-state index contributed by atoms with van der Waals surface area (Å²) in [5.41, 5.74) is 6.60. The first-order valence-corrected chi connectivity index (χ1v) is 11.7. The van der Waals surface area contributed by atoms with Crippen LogP contribution in [0, 0.1) is 0 Å². The van der Waals surface area contributed by atoms with Gasteiger partial charge in [-0.1, -0.05) is 23.7 Å². The van der Waals surface area contributed by atoms with Gasteiger partial charge in [-0.05, 0) is 89.4 Å². The first-order chi connectivity index (χ1) is 15.1. The lowest BCUT2D eigenvalue weighted by atomic mass is 9.94. The van der Waals surface area contributed by atoms with Gasteiger partial charge in [0.2, 0.25) is 0 Å². The van der Waals surface area contributed by atoms with Crippen LogP contribution in [0.5, 0.6) is 0 Å². The number of carbonyl (C=O) groups is 2. The Hall–Kier alpha value is -1.12. The maximum absolute atomic E-state index is 12.9.